The van der Waals surface area contributed by atoms with Crippen LogP contribution < -0.4 is 15.1 Å². The summed E-state index contributed by atoms with van der Waals surface area (Å²) in [5.74, 6) is 0.333. The van der Waals surface area contributed by atoms with Gasteiger partial charge in [0.05, 0.1) is 12.1 Å². The molecule has 2 fully saturated rings. The third-order valence-electron chi connectivity index (χ3n) is 6.47. The van der Waals surface area contributed by atoms with Crippen molar-refractivity contribution in [2.75, 3.05) is 18.0 Å². The van der Waals surface area contributed by atoms with Gasteiger partial charge >= 0.3 is 0 Å². The second-order valence-electron chi connectivity index (χ2n) is 8.22. The van der Waals surface area contributed by atoms with Crippen LogP contribution in [0.2, 0.25) is 0 Å². The molecule has 3 aliphatic heterocycles. The molecule has 0 spiro atoms. The molecule has 3 heterocycles. The van der Waals surface area contributed by atoms with Crippen molar-refractivity contribution in [2.45, 2.75) is 70.0 Å². The number of rotatable bonds is 3. The lowest BCUT2D eigenvalue weighted by Crippen LogP contribution is -3.22. The number of carbonyl (C=O) groups excluding carboxylic acids is 2. The Kier molecular flexibility index (Phi) is 4.98. The fourth-order valence-corrected chi connectivity index (χ4v) is 5.39. The Labute approximate surface area is 155 Å². The maximum atomic E-state index is 13.2. The third-order valence-corrected chi connectivity index (χ3v) is 6.47. The van der Waals surface area contributed by atoms with Crippen LogP contribution in [0.1, 0.15) is 51.0 Å². The van der Waals surface area contributed by atoms with E-state index in [0.717, 1.165) is 37.9 Å². The minimum absolute atomic E-state index is 0.0672. The van der Waals surface area contributed by atoms with Gasteiger partial charge in [-0.15, -0.1) is 0 Å². The molecule has 1 aromatic carbocycles. The van der Waals surface area contributed by atoms with Gasteiger partial charge in [-0.05, 0) is 43.7 Å². The van der Waals surface area contributed by atoms with Crippen LogP contribution in [0.15, 0.2) is 24.3 Å². The van der Waals surface area contributed by atoms with E-state index in [4.69, 9.17) is 0 Å². The van der Waals surface area contributed by atoms with E-state index in [1.54, 1.807) is 6.92 Å². The van der Waals surface area contributed by atoms with Crippen LogP contribution in [0.25, 0.3) is 0 Å². The lowest BCUT2D eigenvalue weighted by Gasteiger charge is -2.46. The highest BCUT2D eigenvalue weighted by molar-refractivity contribution is 5.95. The number of benzene rings is 1. The number of piperidine rings is 2. The van der Waals surface area contributed by atoms with Gasteiger partial charge in [-0.3, -0.25) is 9.59 Å². The Morgan fingerprint density at radius 3 is 2.62 bits per heavy atom. The Balaban J connectivity index is 1.46. The smallest absolute Gasteiger partial charge is 0.282 e. The van der Waals surface area contributed by atoms with E-state index in [1.807, 2.05) is 11.0 Å². The lowest BCUT2D eigenvalue weighted by atomic mass is 9.81. The SMILES string of the molecule is CC(=O)NC1C[C@H]2CCC[C@@H](C1)[NH+]2CC(=O)N1CCCc2ccccc21. The Morgan fingerprint density at radius 1 is 1.15 bits per heavy atom. The first kappa shape index (κ1) is 17.5. The van der Waals surface area contributed by atoms with Crippen molar-refractivity contribution in [3.63, 3.8) is 0 Å². The summed E-state index contributed by atoms with van der Waals surface area (Å²) >= 11 is 0. The number of carbonyl (C=O) groups is 2. The number of aryl methyl sites for hydroxylation is 1. The number of hydrogen-bond donors (Lipinski definition) is 2. The number of quaternary nitrogens is 1. The van der Waals surface area contributed by atoms with Crippen molar-refractivity contribution in [2.24, 2.45) is 0 Å². The van der Waals surface area contributed by atoms with Crippen molar-refractivity contribution >= 4 is 17.5 Å². The Hall–Kier alpha value is -1.88. The summed E-state index contributed by atoms with van der Waals surface area (Å²) in [5, 5.41) is 3.11. The molecule has 5 heteroatoms. The average Bonchev–Trinajstić information content (AvgIpc) is 2.61. The minimum Gasteiger partial charge on any atom is -0.353 e. The number of nitrogens with one attached hydrogen (secondary N) is 2. The van der Waals surface area contributed by atoms with Crippen molar-refractivity contribution in [3.8, 4) is 0 Å². The van der Waals surface area contributed by atoms with Gasteiger partial charge in [0.2, 0.25) is 5.91 Å². The highest BCUT2D eigenvalue weighted by Gasteiger charge is 2.43. The lowest BCUT2D eigenvalue weighted by molar-refractivity contribution is -0.953. The van der Waals surface area contributed by atoms with Gasteiger partial charge in [0.25, 0.3) is 5.91 Å². The first-order valence-electron chi connectivity index (χ1n) is 10.1. The quantitative estimate of drug-likeness (QED) is 0.851. The molecule has 2 amide bonds. The molecule has 26 heavy (non-hydrogen) atoms. The first-order chi connectivity index (χ1) is 12.6. The number of nitrogens with zero attached hydrogens (tertiary/aromatic N) is 1. The molecule has 2 unspecified atom stereocenters. The maximum Gasteiger partial charge on any atom is 0.282 e. The summed E-state index contributed by atoms with van der Waals surface area (Å²) in [5.41, 5.74) is 2.41. The van der Waals surface area contributed by atoms with Gasteiger partial charge in [-0.2, -0.15) is 0 Å². The number of para-hydroxylation sites is 1. The monoisotopic (exact) mass is 356 g/mol. The van der Waals surface area contributed by atoms with Gasteiger partial charge in [-0.1, -0.05) is 18.2 Å². The van der Waals surface area contributed by atoms with E-state index < -0.39 is 0 Å². The van der Waals surface area contributed by atoms with Crippen molar-refractivity contribution in [3.05, 3.63) is 29.8 Å². The van der Waals surface area contributed by atoms with Crippen molar-refractivity contribution in [1.82, 2.24) is 5.32 Å². The highest BCUT2D eigenvalue weighted by atomic mass is 16.2. The van der Waals surface area contributed by atoms with Gasteiger partial charge in [0, 0.05) is 38.0 Å². The van der Waals surface area contributed by atoms with E-state index >= 15 is 0 Å². The fraction of sp³-hybridized carbons (Fsp3) is 0.619. The molecule has 0 radical (unpaired) electrons. The van der Waals surface area contributed by atoms with E-state index in [1.165, 1.54) is 29.7 Å². The zero-order valence-electron chi connectivity index (χ0n) is 15.7. The summed E-state index contributed by atoms with van der Waals surface area (Å²) in [6.07, 6.45) is 7.74. The van der Waals surface area contributed by atoms with Crippen LogP contribution in [0, 0.1) is 0 Å². The number of anilines is 1. The van der Waals surface area contributed by atoms with Crippen LogP contribution in [-0.4, -0.2) is 43.0 Å². The number of hydrogen-bond acceptors (Lipinski definition) is 2. The third kappa shape index (κ3) is 3.50. The standard InChI is InChI=1S/C21H29N3O2/c1-15(25)22-17-12-18-8-4-9-19(13-17)24(18)14-21(26)23-11-5-7-16-6-2-3-10-20(16)23/h2-3,6,10,17-19H,4-5,7-9,11-14H2,1H3,(H,22,25)/p+1/t17?,18-,19+. The minimum atomic E-state index is 0.0672. The van der Waals surface area contributed by atoms with Crippen molar-refractivity contribution < 1.29 is 14.5 Å². The molecule has 4 atom stereocenters. The molecule has 2 saturated heterocycles. The predicted molar refractivity (Wildman–Crippen MR) is 101 cm³/mol. The largest absolute Gasteiger partial charge is 0.353 e. The van der Waals surface area contributed by atoms with Crippen LogP contribution in [0.5, 0.6) is 0 Å². The molecule has 3 aliphatic rings. The zero-order chi connectivity index (χ0) is 18.1. The summed E-state index contributed by atoms with van der Waals surface area (Å²) in [7, 11) is 0. The molecule has 5 nitrogen and oxygen atoms in total. The second kappa shape index (κ2) is 7.39. The molecular formula is C21H30N3O2+. The number of amides is 2. The van der Waals surface area contributed by atoms with Crippen LogP contribution in [0.3, 0.4) is 0 Å². The number of fused-ring (bicyclic) bond motifs is 3. The summed E-state index contributed by atoms with van der Waals surface area (Å²) < 4.78 is 0. The molecule has 4 rings (SSSR count). The average molecular weight is 356 g/mol. The Bertz CT molecular complexity index is 676. The van der Waals surface area contributed by atoms with Crippen molar-refractivity contribution in [1.29, 1.82) is 0 Å². The fourth-order valence-electron chi connectivity index (χ4n) is 5.39. The van der Waals surface area contributed by atoms with E-state index in [0.29, 0.717) is 18.6 Å². The topological polar surface area (TPSA) is 53.9 Å². The van der Waals surface area contributed by atoms with E-state index in [-0.39, 0.29) is 17.9 Å². The molecule has 0 aromatic heterocycles. The molecule has 0 saturated carbocycles. The first-order valence-corrected chi connectivity index (χ1v) is 10.1. The van der Waals surface area contributed by atoms with Crippen LogP contribution in [-0.2, 0) is 16.0 Å². The summed E-state index contributed by atoms with van der Waals surface area (Å²) in [6.45, 7) is 3.04. The molecule has 2 N–H and O–H groups in total. The molecule has 140 valence electrons. The zero-order valence-corrected chi connectivity index (χ0v) is 15.7. The van der Waals surface area contributed by atoms with E-state index in [2.05, 4.69) is 23.5 Å². The molecular weight excluding hydrogens is 326 g/mol. The normalized spacial score (nSPS) is 30.4. The molecule has 0 aliphatic carbocycles. The van der Waals surface area contributed by atoms with Gasteiger partial charge in [-0.25, -0.2) is 0 Å². The molecule has 1 aromatic rings. The summed E-state index contributed by atoms with van der Waals surface area (Å²) in [4.78, 5) is 28.1. The molecule has 2 bridgehead atoms. The second-order valence-corrected chi connectivity index (χ2v) is 8.22. The van der Waals surface area contributed by atoms with Crippen LogP contribution >= 0.6 is 0 Å². The predicted octanol–water partition coefficient (Wildman–Crippen LogP) is 1.07. The summed E-state index contributed by atoms with van der Waals surface area (Å²) in [6, 6.07) is 9.63. The van der Waals surface area contributed by atoms with E-state index in [9.17, 15) is 9.59 Å². The Morgan fingerprint density at radius 2 is 1.88 bits per heavy atom. The van der Waals surface area contributed by atoms with Gasteiger partial charge < -0.3 is 15.1 Å². The van der Waals surface area contributed by atoms with Gasteiger partial charge in [0.15, 0.2) is 6.54 Å². The van der Waals surface area contributed by atoms with Gasteiger partial charge in [0.1, 0.15) is 0 Å². The highest BCUT2D eigenvalue weighted by Crippen LogP contribution is 2.27. The maximum absolute atomic E-state index is 13.2. The van der Waals surface area contributed by atoms with Crippen LogP contribution in [0.4, 0.5) is 5.69 Å².